The number of ether oxygens (including phenoxy) is 3. The van der Waals surface area contributed by atoms with Gasteiger partial charge < -0.3 is 24.4 Å². The molecular formula is C29H39ClO7. The van der Waals surface area contributed by atoms with E-state index in [9.17, 15) is 19.8 Å². The van der Waals surface area contributed by atoms with Crippen LogP contribution in [0.1, 0.15) is 66.2 Å². The third kappa shape index (κ3) is 2.93. The van der Waals surface area contributed by atoms with E-state index in [1.54, 1.807) is 14.0 Å². The summed E-state index contributed by atoms with van der Waals surface area (Å²) in [5.41, 5.74) is -2.16. The lowest BCUT2D eigenvalue weighted by molar-refractivity contribution is -0.242. The number of rotatable bonds is 2. The fourth-order valence-corrected chi connectivity index (χ4v) is 10.5. The Kier molecular flexibility index (Phi) is 5.72. The molecule has 4 fully saturated rings. The Morgan fingerprint density at radius 2 is 1.86 bits per heavy atom. The van der Waals surface area contributed by atoms with Gasteiger partial charge in [-0.15, -0.1) is 11.6 Å². The fourth-order valence-electron chi connectivity index (χ4n) is 9.92. The zero-order valence-electron chi connectivity index (χ0n) is 22.3. The molecule has 0 aromatic heterocycles. The number of hydrogen-bond donors (Lipinski definition) is 2. The van der Waals surface area contributed by atoms with Crippen LogP contribution in [0.15, 0.2) is 23.3 Å². The predicted octanol–water partition coefficient (Wildman–Crippen LogP) is 3.69. The minimum atomic E-state index is -1.70. The van der Waals surface area contributed by atoms with Gasteiger partial charge in [0.2, 0.25) is 0 Å². The van der Waals surface area contributed by atoms with Crippen molar-refractivity contribution >= 4 is 23.4 Å². The second-order valence-electron chi connectivity index (χ2n) is 12.9. The Morgan fingerprint density at radius 1 is 1.14 bits per heavy atom. The Labute approximate surface area is 223 Å². The first-order valence-electron chi connectivity index (χ1n) is 13.7. The van der Waals surface area contributed by atoms with E-state index in [2.05, 4.69) is 6.92 Å². The molecule has 1 spiro atoms. The number of aliphatic hydroxyl groups excluding tert-OH is 1. The summed E-state index contributed by atoms with van der Waals surface area (Å²) < 4.78 is 18.8. The summed E-state index contributed by atoms with van der Waals surface area (Å²) in [5, 5.41) is 21.9. The summed E-state index contributed by atoms with van der Waals surface area (Å²) in [6.45, 7) is 7.68. The molecule has 6 aliphatic rings. The second-order valence-corrected chi connectivity index (χ2v) is 13.5. The quantitative estimate of drug-likeness (QED) is 0.411. The van der Waals surface area contributed by atoms with Gasteiger partial charge in [-0.3, -0.25) is 4.79 Å². The van der Waals surface area contributed by atoms with Gasteiger partial charge in [-0.05, 0) is 89.7 Å². The average Bonchev–Trinajstić information content (AvgIpc) is 3.37. The maximum Gasteiger partial charge on any atom is 0.334 e. The first kappa shape index (κ1) is 26.0. The topological polar surface area (TPSA) is 102 Å². The number of fused-ring (bicyclic) bond motifs is 4. The van der Waals surface area contributed by atoms with E-state index < -0.39 is 40.5 Å². The molecule has 6 rings (SSSR count). The molecule has 2 heterocycles. The van der Waals surface area contributed by atoms with E-state index in [0.29, 0.717) is 24.8 Å². The molecule has 4 aliphatic carbocycles. The molecule has 7 nitrogen and oxygen atoms in total. The van der Waals surface area contributed by atoms with Crippen molar-refractivity contribution in [3.8, 4) is 0 Å². The molecule has 12 atom stereocenters. The molecule has 2 N–H and O–H groups in total. The number of allylic oxidation sites excluding steroid dienone is 1. The van der Waals surface area contributed by atoms with Crippen molar-refractivity contribution in [3.63, 3.8) is 0 Å². The number of carbonyl (C=O) groups is 2. The molecule has 1 unspecified atom stereocenters. The van der Waals surface area contributed by atoms with Crippen molar-refractivity contribution in [1.82, 2.24) is 0 Å². The molecule has 0 amide bonds. The maximum atomic E-state index is 13.4. The summed E-state index contributed by atoms with van der Waals surface area (Å²) in [6.07, 6.45) is 5.25. The minimum absolute atomic E-state index is 0.0792. The molecule has 0 aromatic carbocycles. The zero-order valence-corrected chi connectivity index (χ0v) is 23.1. The molecular weight excluding hydrogens is 496 g/mol. The van der Waals surface area contributed by atoms with Crippen LogP contribution in [0.25, 0.3) is 0 Å². The van der Waals surface area contributed by atoms with Gasteiger partial charge in [-0.25, -0.2) is 4.79 Å². The summed E-state index contributed by atoms with van der Waals surface area (Å²) >= 11 is 6.90. The maximum absolute atomic E-state index is 13.4. The van der Waals surface area contributed by atoms with Crippen LogP contribution in [0.5, 0.6) is 0 Å². The third-order valence-corrected chi connectivity index (χ3v) is 12.5. The van der Waals surface area contributed by atoms with Gasteiger partial charge in [0.05, 0.1) is 10.8 Å². The smallest absolute Gasteiger partial charge is 0.334 e. The van der Waals surface area contributed by atoms with Gasteiger partial charge in [-0.2, -0.15) is 0 Å². The summed E-state index contributed by atoms with van der Waals surface area (Å²) in [4.78, 5) is 26.1. The minimum Gasteiger partial charge on any atom is -0.456 e. The fraction of sp³-hybridized carbons (Fsp3) is 0.793. The second kappa shape index (κ2) is 8.14. The number of cyclic esters (lactones) is 1. The lowest BCUT2D eigenvalue weighted by Crippen LogP contribution is -2.72. The molecule has 0 bridgehead atoms. The lowest BCUT2D eigenvalue weighted by Gasteiger charge is -2.63. The molecule has 204 valence electrons. The zero-order chi connectivity index (χ0) is 26.7. The van der Waals surface area contributed by atoms with E-state index in [4.69, 9.17) is 25.8 Å². The van der Waals surface area contributed by atoms with Crippen LogP contribution in [0.4, 0.5) is 0 Å². The van der Waals surface area contributed by atoms with Crippen molar-refractivity contribution in [1.29, 1.82) is 0 Å². The summed E-state index contributed by atoms with van der Waals surface area (Å²) in [5.74, 6) is -0.171. The Balaban J connectivity index is 1.39. The number of methoxy groups -OCH3 is 1. The summed E-state index contributed by atoms with van der Waals surface area (Å²) in [6, 6.07) is 0. The van der Waals surface area contributed by atoms with E-state index in [0.717, 1.165) is 24.8 Å². The Bertz CT molecular complexity index is 1100. The van der Waals surface area contributed by atoms with Crippen LogP contribution in [0.2, 0.25) is 0 Å². The normalized spacial score (nSPS) is 54.9. The first-order chi connectivity index (χ1) is 17.4. The standard InChI is InChI=1S/C29H39ClO7/c1-14-12-23(36-24(33)15(14)2)27(4)19-7-6-18-16-13-20(30)29(34)22(32)9-8-21(31)26(29,3)17(16)10-11-28(18,19)25(35-5)37-27/h8-9,16-20,22-23,25,32,34H,6-7,10-13H2,1-5H3/t16-,17+,18+,19-,20+,22+,23-,25-,26+,27-,28-,29?/m1/s1. The van der Waals surface area contributed by atoms with Crippen LogP contribution in [0.3, 0.4) is 0 Å². The molecule has 37 heavy (non-hydrogen) atoms. The van der Waals surface area contributed by atoms with Crippen LogP contribution in [0, 0.1) is 34.5 Å². The number of aliphatic hydroxyl groups is 2. The predicted molar refractivity (Wildman–Crippen MR) is 135 cm³/mol. The van der Waals surface area contributed by atoms with E-state index in [-0.39, 0.29) is 40.8 Å². The van der Waals surface area contributed by atoms with Crippen molar-refractivity contribution in [2.75, 3.05) is 7.11 Å². The Hall–Kier alpha value is -1.25. The molecule has 8 heteroatoms. The number of halogens is 1. The molecule has 0 radical (unpaired) electrons. The largest absolute Gasteiger partial charge is 0.456 e. The SMILES string of the molecule is CO[C@@H]1O[C@@](C)([C@H]2CC(C)=C(C)C(=O)O2)[C@H]2CC[C@H]3[C@@H]4C[C@H](Cl)C5(O)[C@@H](O)C=CC(=O)[C@]5(C)[C@H]4CC[C@]123. The first-order valence-corrected chi connectivity index (χ1v) is 14.2. The van der Waals surface area contributed by atoms with Crippen LogP contribution >= 0.6 is 11.6 Å². The van der Waals surface area contributed by atoms with Crippen molar-refractivity contribution in [3.05, 3.63) is 23.3 Å². The van der Waals surface area contributed by atoms with Crippen LogP contribution in [-0.4, -0.2) is 64.2 Å². The highest BCUT2D eigenvalue weighted by Gasteiger charge is 2.76. The Morgan fingerprint density at radius 3 is 2.54 bits per heavy atom. The lowest BCUT2D eigenvalue weighted by atomic mass is 9.42. The molecule has 0 aromatic rings. The number of ketones is 1. The number of carbonyl (C=O) groups excluding carboxylic acids is 2. The van der Waals surface area contributed by atoms with Gasteiger partial charge in [0.15, 0.2) is 12.1 Å². The monoisotopic (exact) mass is 534 g/mol. The summed E-state index contributed by atoms with van der Waals surface area (Å²) in [7, 11) is 1.68. The van der Waals surface area contributed by atoms with Crippen molar-refractivity contribution in [2.45, 2.75) is 101 Å². The highest BCUT2D eigenvalue weighted by molar-refractivity contribution is 6.22. The average molecular weight is 535 g/mol. The van der Waals surface area contributed by atoms with E-state index >= 15 is 0 Å². The van der Waals surface area contributed by atoms with E-state index in [1.165, 1.54) is 12.2 Å². The van der Waals surface area contributed by atoms with Crippen molar-refractivity contribution < 1.29 is 34.0 Å². The van der Waals surface area contributed by atoms with Gasteiger partial charge in [-0.1, -0.05) is 5.57 Å². The van der Waals surface area contributed by atoms with Gasteiger partial charge in [0, 0.05) is 30.4 Å². The van der Waals surface area contributed by atoms with Gasteiger partial charge in [0.25, 0.3) is 0 Å². The van der Waals surface area contributed by atoms with E-state index in [1.807, 2.05) is 13.8 Å². The number of esters is 1. The number of hydrogen-bond acceptors (Lipinski definition) is 7. The van der Waals surface area contributed by atoms with Crippen LogP contribution < -0.4 is 0 Å². The molecule has 2 aliphatic heterocycles. The number of alkyl halides is 1. The van der Waals surface area contributed by atoms with Crippen molar-refractivity contribution in [2.24, 2.45) is 34.5 Å². The highest BCUT2D eigenvalue weighted by atomic mass is 35.5. The third-order valence-electron chi connectivity index (χ3n) is 12.0. The highest BCUT2D eigenvalue weighted by Crippen LogP contribution is 2.73. The molecule has 1 saturated heterocycles. The van der Waals surface area contributed by atoms with Crippen LogP contribution in [-0.2, 0) is 23.8 Å². The van der Waals surface area contributed by atoms with Gasteiger partial charge >= 0.3 is 5.97 Å². The van der Waals surface area contributed by atoms with Gasteiger partial charge in [0.1, 0.15) is 23.4 Å². The molecule has 3 saturated carbocycles.